The highest BCUT2D eigenvalue weighted by Crippen LogP contribution is 2.30. The zero-order chi connectivity index (χ0) is 19.6. The summed E-state index contributed by atoms with van der Waals surface area (Å²) < 4.78 is 11.3. The smallest absolute Gasteiger partial charge is 0.220 e. The van der Waals surface area contributed by atoms with Crippen LogP contribution >= 0.6 is 0 Å². The molecule has 5 heteroatoms. The maximum absolute atomic E-state index is 11.9. The van der Waals surface area contributed by atoms with Crippen LogP contribution < -0.4 is 10.1 Å². The SMILES string of the molecule is CCCOCCNC(=O)CCc1cc(C)c(Oc2ccc(O)cc2)c(C)c1. The highest BCUT2D eigenvalue weighted by Gasteiger charge is 2.09. The van der Waals surface area contributed by atoms with E-state index in [1.807, 2.05) is 13.8 Å². The topological polar surface area (TPSA) is 67.8 Å². The Bertz CT molecular complexity index is 717. The fourth-order valence-electron chi connectivity index (χ4n) is 2.83. The third kappa shape index (κ3) is 6.94. The Morgan fingerprint density at radius 1 is 1.07 bits per heavy atom. The first-order valence-corrected chi connectivity index (χ1v) is 9.41. The van der Waals surface area contributed by atoms with Crippen molar-refractivity contribution in [3.05, 3.63) is 53.1 Å². The Morgan fingerprint density at radius 3 is 2.37 bits per heavy atom. The van der Waals surface area contributed by atoms with E-state index in [2.05, 4.69) is 24.4 Å². The number of amides is 1. The molecule has 1 amide bonds. The molecule has 0 fully saturated rings. The zero-order valence-corrected chi connectivity index (χ0v) is 16.4. The average molecular weight is 371 g/mol. The lowest BCUT2D eigenvalue weighted by atomic mass is 10.0. The van der Waals surface area contributed by atoms with Gasteiger partial charge in [-0.15, -0.1) is 0 Å². The van der Waals surface area contributed by atoms with Crippen LogP contribution in [0.1, 0.15) is 36.5 Å². The van der Waals surface area contributed by atoms with E-state index in [4.69, 9.17) is 9.47 Å². The van der Waals surface area contributed by atoms with Crippen LogP contribution in [0.3, 0.4) is 0 Å². The highest BCUT2D eigenvalue weighted by molar-refractivity contribution is 5.76. The third-order valence-electron chi connectivity index (χ3n) is 4.13. The van der Waals surface area contributed by atoms with Crippen molar-refractivity contribution in [2.45, 2.75) is 40.0 Å². The van der Waals surface area contributed by atoms with Gasteiger partial charge in [-0.3, -0.25) is 4.79 Å². The predicted molar refractivity (Wildman–Crippen MR) is 107 cm³/mol. The minimum absolute atomic E-state index is 0.0369. The number of hydrogen-bond donors (Lipinski definition) is 2. The van der Waals surface area contributed by atoms with E-state index < -0.39 is 0 Å². The number of rotatable bonds is 10. The van der Waals surface area contributed by atoms with Gasteiger partial charge in [0.05, 0.1) is 6.61 Å². The van der Waals surface area contributed by atoms with Crippen LogP contribution in [-0.2, 0) is 16.0 Å². The maximum Gasteiger partial charge on any atom is 0.220 e. The van der Waals surface area contributed by atoms with E-state index in [9.17, 15) is 9.90 Å². The highest BCUT2D eigenvalue weighted by atomic mass is 16.5. The van der Waals surface area contributed by atoms with Crippen molar-refractivity contribution in [2.75, 3.05) is 19.8 Å². The molecule has 0 aromatic heterocycles. The van der Waals surface area contributed by atoms with E-state index in [1.54, 1.807) is 24.3 Å². The van der Waals surface area contributed by atoms with Crippen molar-refractivity contribution >= 4 is 5.91 Å². The van der Waals surface area contributed by atoms with Crippen LogP contribution in [0.25, 0.3) is 0 Å². The van der Waals surface area contributed by atoms with E-state index in [0.29, 0.717) is 31.7 Å². The van der Waals surface area contributed by atoms with Gasteiger partial charge in [0, 0.05) is 19.6 Å². The molecule has 5 nitrogen and oxygen atoms in total. The third-order valence-corrected chi connectivity index (χ3v) is 4.13. The average Bonchev–Trinajstić information content (AvgIpc) is 2.64. The molecule has 0 radical (unpaired) electrons. The summed E-state index contributed by atoms with van der Waals surface area (Å²) in [6.45, 7) is 7.89. The van der Waals surface area contributed by atoms with Gasteiger partial charge >= 0.3 is 0 Å². The molecular weight excluding hydrogens is 342 g/mol. The Morgan fingerprint density at radius 2 is 1.74 bits per heavy atom. The molecular formula is C22H29NO4. The molecule has 0 saturated heterocycles. The molecule has 0 bridgehead atoms. The number of ether oxygens (including phenoxy) is 2. The Hall–Kier alpha value is -2.53. The molecule has 0 saturated carbocycles. The second-order valence-electron chi connectivity index (χ2n) is 6.62. The second-order valence-corrected chi connectivity index (χ2v) is 6.62. The van der Waals surface area contributed by atoms with Crippen LogP contribution in [0, 0.1) is 13.8 Å². The number of carbonyl (C=O) groups excluding carboxylic acids is 1. The molecule has 2 aromatic rings. The van der Waals surface area contributed by atoms with Crippen molar-refractivity contribution in [2.24, 2.45) is 0 Å². The van der Waals surface area contributed by atoms with E-state index >= 15 is 0 Å². The summed E-state index contributed by atoms with van der Waals surface area (Å²) in [5, 5.41) is 12.2. The van der Waals surface area contributed by atoms with Gasteiger partial charge < -0.3 is 19.9 Å². The summed E-state index contributed by atoms with van der Waals surface area (Å²) in [6, 6.07) is 10.8. The van der Waals surface area contributed by atoms with Crippen molar-refractivity contribution < 1.29 is 19.4 Å². The number of phenolic OH excluding ortho intramolecular Hbond substituents is 1. The molecule has 2 aromatic carbocycles. The Balaban J connectivity index is 1.88. The van der Waals surface area contributed by atoms with Gasteiger partial charge in [0.15, 0.2) is 0 Å². The minimum Gasteiger partial charge on any atom is -0.508 e. The summed E-state index contributed by atoms with van der Waals surface area (Å²) in [5.74, 6) is 1.73. The molecule has 0 unspecified atom stereocenters. The fraction of sp³-hybridized carbons (Fsp3) is 0.409. The van der Waals surface area contributed by atoms with Gasteiger partial charge in [-0.1, -0.05) is 19.1 Å². The second kappa shape index (κ2) is 10.6. The molecule has 0 spiro atoms. The number of hydrogen-bond acceptors (Lipinski definition) is 4. The standard InChI is InChI=1S/C22H29NO4/c1-4-12-26-13-11-23-21(25)10-5-18-14-16(2)22(17(3)15-18)27-20-8-6-19(24)7-9-20/h6-9,14-15,24H,4-5,10-13H2,1-3H3,(H,23,25). The largest absolute Gasteiger partial charge is 0.508 e. The minimum atomic E-state index is 0.0369. The van der Waals surface area contributed by atoms with Crippen LogP contribution in [0.4, 0.5) is 0 Å². The first-order valence-electron chi connectivity index (χ1n) is 9.41. The summed E-state index contributed by atoms with van der Waals surface area (Å²) in [4.78, 5) is 11.9. The van der Waals surface area contributed by atoms with Gasteiger partial charge in [0.2, 0.25) is 5.91 Å². The summed E-state index contributed by atoms with van der Waals surface area (Å²) >= 11 is 0. The van der Waals surface area contributed by atoms with Gasteiger partial charge in [0.1, 0.15) is 17.2 Å². The molecule has 2 rings (SSSR count). The number of phenols is 1. The normalized spacial score (nSPS) is 10.6. The van der Waals surface area contributed by atoms with Crippen LogP contribution in [0.15, 0.2) is 36.4 Å². The lowest BCUT2D eigenvalue weighted by Gasteiger charge is -2.14. The zero-order valence-electron chi connectivity index (χ0n) is 16.4. The molecule has 146 valence electrons. The van der Waals surface area contributed by atoms with Gasteiger partial charge in [-0.05, 0) is 67.6 Å². The van der Waals surface area contributed by atoms with Crippen LogP contribution in [0.5, 0.6) is 17.2 Å². The first-order chi connectivity index (χ1) is 13.0. The molecule has 2 N–H and O–H groups in total. The number of nitrogens with one attached hydrogen (secondary N) is 1. The van der Waals surface area contributed by atoms with E-state index in [-0.39, 0.29) is 11.7 Å². The number of aromatic hydroxyl groups is 1. The molecule has 0 heterocycles. The predicted octanol–water partition coefficient (Wildman–Crippen LogP) is 4.28. The van der Waals surface area contributed by atoms with Gasteiger partial charge in [0.25, 0.3) is 0 Å². The molecule has 0 aliphatic rings. The van der Waals surface area contributed by atoms with E-state index in [0.717, 1.165) is 35.5 Å². The van der Waals surface area contributed by atoms with Crippen LogP contribution in [0.2, 0.25) is 0 Å². The molecule has 0 aliphatic heterocycles. The Kier molecular flexibility index (Phi) is 8.14. The van der Waals surface area contributed by atoms with E-state index in [1.165, 1.54) is 0 Å². The number of carbonyl (C=O) groups is 1. The molecule has 0 aliphatic carbocycles. The summed E-state index contributed by atoms with van der Waals surface area (Å²) in [6.07, 6.45) is 2.12. The fourth-order valence-corrected chi connectivity index (χ4v) is 2.83. The molecule has 0 atom stereocenters. The number of aryl methyl sites for hydroxylation is 3. The Labute approximate surface area is 161 Å². The lowest BCUT2D eigenvalue weighted by Crippen LogP contribution is -2.27. The van der Waals surface area contributed by atoms with Gasteiger partial charge in [-0.25, -0.2) is 0 Å². The number of benzene rings is 2. The lowest BCUT2D eigenvalue weighted by molar-refractivity contribution is -0.121. The van der Waals surface area contributed by atoms with Crippen molar-refractivity contribution in [1.29, 1.82) is 0 Å². The molecule has 27 heavy (non-hydrogen) atoms. The summed E-state index contributed by atoms with van der Waals surface area (Å²) in [5.41, 5.74) is 3.15. The van der Waals surface area contributed by atoms with Crippen molar-refractivity contribution in [1.82, 2.24) is 5.32 Å². The first kappa shape index (κ1) is 20.8. The van der Waals surface area contributed by atoms with Crippen LogP contribution in [-0.4, -0.2) is 30.8 Å². The maximum atomic E-state index is 11.9. The quantitative estimate of drug-likeness (QED) is 0.612. The monoisotopic (exact) mass is 371 g/mol. The van der Waals surface area contributed by atoms with Gasteiger partial charge in [-0.2, -0.15) is 0 Å². The summed E-state index contributed by atoms with van der Waals surface area (Å²) in [7, 11) is 0. The van der Waals surface area contributed by atoms with Crippen molar-refractivity contribution in [3.8, 4) is 17.2 Å². The van der Waals surface area contributed by atoms with Crippen molar-refractivity contribution in [3.63, 3.8) is 0 Å².